The molecule has 2 aliphatic heterocycles. The maximum Gasteiger partial charge on any atom is 0.221 e. The van der Waals surface area contributed by atoms with Gasteiger partial charge < -0.3 is 4.57 Å². The molecule has 0 radical (unpaired) electrons. The van der Waals surface area contributed by atoms with E-state index in [0.29, 0.717) is 0 Å². The van der Waals surface area contributed by atoms with Crippen LogP contribution in [0.2, 0.25) is 0 Å². The Kier molecular flexibility index (Phi) is 5.86. The van der Waals surface area contributed by atoms with Gasteiger partial charge in [-0.3, -0.25) is 0 Å². The summed E-state index contributed by atoms with van der Waals surface area (Å²) < 4.78 is 7.39. The lowest BCUT2D eigenvalue weighted by Gasteiger charge is -2.27. The number of hydrogen-bond acceptors (Lipinski definition) is 0. The predicted octanol–water partition coefficient (Wildman–Crippen LogP) is 8.78. The first-order valence-corrected chi connectivity index (χ1v) is 16.4. The third-order valence-electron chi connectivity index (χ3n) is 10.6. The molecule has 5 heterocycles. The largest absolute Gasteiger partial charge is 0.341 e. The van der Waals surface area contributed by atoms with Crippen LogP contribution in [0.15, 0.2) is 97.3 Å². The zero-order chi connectivity index (χ0) is 30.2. The van der Waals surface area contributed by atoms with Crippen molar-refractivity contribution in [3.63, 3.8) is 0 Å². The SMILES string of the molecule is CCn1c2ccccc2c2cc(/C=C/c3cc[n+]4c(c3)-c3c(c(C)c(C)c5c3-c3c6ccccc6cc[n+]3CC5)CC4)ccc21. The van der Waals surface area contributed by atoms with E-state index in [-0.39, 0.29) is 0 Å². The molecule has 3 heteroatoms. The van der Waals surface area contributed by atoms with Gasteiger partial charge in [0.15, 0.2) is 25.5 Å². The normalized spacial score (nSPS) is 13.8. The van der Waals surface area contributed by atoms with Gasteiger partial charge in [-0.15, -0.1) is 0 Å². The van der Waals surface area contributed by atoms with Crippen LogP contribution < -0.4 is 9.13 Å². The maximum atomic E-state index is 2.49. The molecule has 0 aliphatic carbocycles. The van der Waals surface area contributed by atoms with Crippen LogP contribution in [-0.2, 0) is 32.5 Å². The van der Waals surface area contributed by atoms with Gasteiger partial charge in [0.1, 0.15) is 0 Å². The number of para-hydroxylation sites is 1. The number of hydrogen-bond donors (Lipinski definition) is 0. The fourth-order valence-electron chi connectivity index (χ4n) is 8.25. The van der Waals surface area contributed by atoms with E-state index >= 15 is 0 Å². The minimum Gasteiger partial charge on any atom is -0.341 e. The van der Waals surface area contributed by atoms with Gasteiger partial charge in [0.25, 0.3) is 0 Å². The van der Waals surface area contributed by atoms with Crippen molar-refractivity contribution in [1.29, 1.82) is 0 Å². The van der Waals surface area contributed by atoms with Crippen LogP contribution in [0.4, 0.5) is 0 Å². The standard InChI is InChI=1S/C42H37N3/c1-4-45-37-12-8-7-11-35(37)36-25-29(15-16-38(36)45)13-14-30-17-21-43-23-19-32-27(2)28(3)33-20-24-44-22-18-31-9-5-6-10-34(31)42(44)41(33)40(32)39(43)26-30/h5-18,21-22,25-26H,4,19-20,23-24H2,1-3H3/q+2. The first-order valence-electron chi connectivity index (χ1n) is 16.4. The summed E-state index contributed by atoms with van der Waals surface area (Å²) in [5.74, 6) is 0. The second kappa shape index (κ2) is 10.0. The second-order valence-corrected chi connectivity index (χ2v) is 12.8. The van der Waals surface area contributed by atoms with E-state index in [4.69, 9.17) is 0 Å². The molecule has 0 saturated carbocycles. The molecule has 0 atom stereocenters. The molecule has 0 amide bonds. The topological polar surface area (TPSA) is 12.7 Å². The van der Waals surface area contributed by atoms with Crippen molar-refractivity contribution in [1.82, 2.24) is 4.57 Å². The molecule has 0 bridgehead atoms. The molecule has 3 aromatic heterocycles. The number of aryl methyl sites for hydroxylation is 3. The van der Waals surface area contributed by atoms with Gasteiger partial charge >= 0.3 is 0 Å². The molecule has 3 nitrogen and oxygen atoms in total. The number of rotatable bonds is 3. The molecular weight excluding hydrogens is 546 g/mol. The van der Waals surface area contributed by atoms with Crippen LogP contribution in [0.1, 0.15) is 40.3 Å². The van der Waals surface area contributed by atoms with Gasteiger partial charge in [0.2, 0.25) is 11.4 Å². The van der Waals surface area contributed by atoms with Crippen LogP contribution in [0.3, 0.4) is 0 Å². The number of nitrogens with zero attached hydrogens (tertiary/aromatic N) is 3. The highest BCUT2D eigenvalue weighted by molar-refractivity contribution is 6.09. The van der Waals surface area contributed by atoms with Gasteiger partial charge in [-0.1, -0.05) is 54.6 Å². The fraction of sp³-hybridized carbons (Fsp3) is 0.190. The summed E-state index contributed by atoms with van der Waals surface area (Å²) in [6, 6.07) is 31.5. The number of fused-ring (bicyclic) bond motifs is 12. The van der Waals surface area contributed by atoms with E-state index in [2.05, 4.69) is 144 Å². The molecular formula is C42H37N3+2. The van der Waals surface area contributed by atoms with E-state index in [1.54, 1.807) is 0 Å². The van der Waals surface area contributed by atoms with Crippen molar-refractivity contribution in [2.75, 3.05) is 0 Å². The van der Waals surface area contributed by atoms with Gasteiger partial charge in [0.05, 0.1) is 16.5 Å². The van der Waals surface area contributed by atoms with Crippen LogP contribution in [0.5, 0.6) is 0 Å². The van der Waals surface area contributed by atoms with Crippen LogP contribution in [0.25, 0.3) is 67.2 Å². The molecule has 0 fully saturated rings. The third-order valence-corrected chi connectivity index (χ3v) is 10.6. The van der Waals surface area contributed by atoms with Crippen molar-refractivity contribution >= 4 is 44.7 Å². The van der Waals surface area contributed by atoms with Crippen molar-refractivity contribution in [3.8, 4) is 22.5 Å². The van der Waals surface area contributed by atoms with Gasteiger partial charge in [-0.2, -0.15) is 9.13 Å². The quantitative estimate of drug-likeness (QED) is 0.185. The Morgan fingerprint density at radius 3 is 2.13 bits per heavy atom. The Balaban J connectivity index is 1.20. The Morgan fingerprint density at radius 2 is 1.31 bits per heavy atom. The second-order valence-electron chi connectivity index (χ2n) is 12.8. The highest BCUT2D eigenvalue weighted by Gasteiger charge is 2.37. The first-order chi connectivity index (χ1) is 22.1. The van der Waals surface area contributed by atoms with E-state index < -0.39 is 0 Å². The summed E-state index contributed by atoms with van der Waals surface area (Å²) in [6.45, 7) is 9.94. The van der Waals surface area contributed by atoms with Crippen LogP contribution in [0, 0.1) is 13.8 Å². The molecule has 2 aliphatic rings. The first kappa shape index (κ1) is 26.4. The molecule has 7 aromatic rings. The molecule has 45 heavy (non-hydrogen) atoms. The number of aromatic nitrogens is 3. The van der Waals surface area contributed by atoms with Crippen LogP contribution in [-0.4, -0.2) is 4.57 Å². The molecule has 0 N–H and O–H groups in total. The lowest BCUT2D eigenvalue weighted by atomic mass is 9.79. The fourth-order valence-corrected chi connectivity index (χ4v) is 8.25. The lowest BCUT2D eigenvalue weighted by molar-refractivity contribution is -0.689. The highest BCUT2D eigenvalue weighted by atomic mass is 15.0. The van der Waals surface area contributed by atoms with E-state index in [9.17, 15) is 0 Å². The van der Waals surface area contributed by atoms with Crippen molar-refractivity contribution in [2.45, 2.75) is 53.2 Å². The molecule has 0 unspecified atom stereocenters. The van der Waals surface area contributed by atoms with E-state index in [0.717, 1.165) is 32.5 Å². The minimum atomic E-state index is 0.967. The Labute approximate surface area is 264 Å². The summed E-state index contributed by atoms with van der Waals surface area (Å²) in [4.78, 5) is 0. The number of benzene rings is 4. The monoisotopic (exact) mass is 583 g/mol. The zero-order valence-electron chi connectivity index (χ0n) is 26.3. The number of pyridine rings is 2. The Bertz CT molecular complexity index is 2390. The smallest absolute Gasteiger partial charge is 0.221 e. The average Bonchev–Trinajstić information content (AvgIpc) is 3.41. The summed E-state index contributed by atoms with van der Waals surface area (Å²) >= 11 is 0. The predicted molar refractivity (Wildman–Crippen MR) is 186 cm³/mol. The van der Waals surface area contributed by atoms with Gasteiger partial charge in [-0.25, -0.2) is 0 Å². The Hall–Kier alpha value is -5.02. The van der Waals surface area contributed by atoms with Gasteiger partial charge in [0, 0.05) is 59.4 Å². The molecule has 0 spiro atoms. The van der Waals surface area contributed by atoms with Crippen molar-refractivity contribution in [2.24, 2.45) is 0 Å². The van der Waals surface area contributed by atoms with Gasteiger partial charge in [-0.05, 0) is 83.8 Å². The summed E-state index contributed by atoms with van der Waals surface area (Å²) in [5.41, 5.74) is 16.7. The van der Waals surface area contributed by atoms with Crippen LogP contribution >= 0.6 is 0 Å². The third kappa shape index (κ3) is 3.90. The molecule has 218 valence electrons. The van der Waals surface area contributed by atoms with Crippen molar-refractivity contribution in [3.05, 3.63) is 131 Å². The summed E-state index contributed by atoms with van der Waals surface area (Å²) in [6.07, 6.45) is 11.3. The average molecular weight is 584 g/mol. The minimum absolute atomic E-state index is 0.967. The van der Waals surface area contributed by atoms with E-state index in [1.165, 1.54) is 88.5 Å². The molecule has 0 saturated heterocycles. The Morgan fingerprint density at radius 1 is 0.644 bits per heavy atom. The highest BCUT2D eigenvalue weighted by Crippen LogP contribution is 2.44. The van der Waals surface area contributed by atoms with Crippen molar-refractivity contribution < 1.29 is 9.13 Å². The lowest BCUT2D eigenvalue weighted by Crippen LogP contribution is -2.43. The maximum absolute atomic E-state index is 2.49. The summed E-state index contributed by atoms with van der Waals surface area (Å²) in [7, 11) is 0. The zero-order valence-corrected chi connectivity index (χ0v) is 26.3. The molecule has 9 rings (SSSR count). The molecule has 4 aromatic carbocycles. The van der Waals surface area contributed by atoms with E-state index in [1.807, 2.05) is 0 Å². The summed E-state index contributed by atoms with van der Waals surface area (Å²) in [5, 5.41) is 5.31.